The van der Waals surface area contributed by atoms with Gasteiger partial charge in [-0.3, -0.25) is 0 Å². The van der Waals surface area contributed by atoms with Crippen LogP contribution in [0.3, 0.4) is 0 Å². The highest BCUT2D eigenvalue weighted by molar-refractivity contribution is 5.31. The van der Waals surface area contributed by atoms with Crippen LogP contribution < -0.4 is 11.1 Å². The molecule has 0 aliphatic heterocycles. The first-order chi connectivity index (χ1) is 5.79. The molecule has 4 nitrogen and oxygen atoms in total. The molecule has 0 aromatic carbocycles. The molecule has 1 unspecified atom stereocenters. The Bertz CT molecular complexity index is 210. The smallest absolute Gasteiger partial charge is 0.129 e. The van der Waals surface area contributed by atoms with Gasteiger partial charge in [-0.2, -0.15) is 0 Å². The van der Waals surface area contributed by atoms with Crippen LogP contribution >= 0.6 is 0 Å². The molecule has 0 amide bonds. The van der Waals surface area contributed by atoms with E-state index in [-0.39, 0.29) is 6.04 Å². The van der Waals surface area contributed by atoms with Gasteiger partial charge in [0.25, 0.3) is 0 Å². The Balaban J connectivity index is 2.25. The summed E-state index contributed by atoms with van der Waals surface area (Å²) >= 11 is 0. The molecule has 3 N–H and O–H groups in total. The Morgan fingerprint density at radius 3 is 3.08 bits per heavy atom. The fraction of sp³-hybridized carbons (Fsp3) is 0.500. The van der Waals surface area contributed by atoms with E-state index in [1.54, 1.807) is 6.20 Å². The van der Waals surface area contributed by atoms with E-state index in [0.717, 1.165) is 18.8 Å². The average molecular weight is 166 g/mol. The van der Waals surface area contributed by atoms with E-state index in [1.807, 2.05) is 13.0 Å². The van der Waals surface area contributed by atoms with Crippen LogP contribution in [0.1, 0.15) is 13.3 Å². The molecule has 66 valence electrons. The first-order valence-corrected chi connectivity index (χ1v) is 4.04. The molecule has 1 aromatic rings. The van der Waals surface area contributed by atoms with E-state index < -0.39 is 0 Å². The van der Waals surface area contributed by atoms with Crippen molar-refractivity contribution >= 4 is 5.82 Å². The van der Waals surface area contributed by atoms with Gasteiger partial charge in [0.05, 0.1) is 0 Å². The van der Waals surface area contributed by atoms with Crippen molar-refractivity contribution in [2.24, 2.45) is 5.73 Å². The molecule has 1 aromatic heterocycles. The van der Waals surface area contributed by atoms with Gasteiger partial charge in [0, 0.05) is 18.8 Å². The zero-order valence-corrected chi connectivity index (χ0v) is 7.20. The van der Waals surface area contributed by atoms with E-state index in [0.29, 0.717) is 0 Å². The Hall–Kier alpha value is -1.16. The minimum Gasteiger partial charge on any atom is -0.370 e. The Morgan fingerprint density at radius 1 is 1.67 bits per heavy atom. The molecular weight excluding hydrogens is 152 g/mol. The average Bonchev–Trinajstić information content (AvgIpc) is 2.05. The predicted molar refractivity (Wildman–Crippen MR) is 48.8 cm³/mol. The van der Waals surface area contributed by atoms with Gasteiger partial charge in [-0.1, -0.05) is 0 Å². The van der Waals surface area contributed by atoms with Crippen LogP contribution in [-0.4, -0.2) is 22.6 Å². The highest BCUT2D eigenvalue weighted by Crippen LogP contribution is 1.97. The molecule has 0 aliphatic carbocycles. The highest BCUT2D eigenvalue weighted by Gasteiger charge is 1.94. The number of nitrogens with zero attached hydrogens (tertiary/aromatic N) is 2. The highest BCUT2D eigenvalue weighted by atomic mass is 15.0. The fourth-order valence-electron chi connectivity index (χ4n) is 0.823. The van der Waals surface area contributed by atoms with Crippen LogP contribution in [0.2, 0.25) is 0 Å². The van der Waals surface area contributed by atoms with Crippen molar-refractivity contribution in [2.75, 3.05) is 11.9 Å². The van der Waals surface area contributed by atoms with Crippen molar-refractivity contribution in [3.63, 3.8) is 0 Å². The van der Waals surface area contributed by atoms with Crippen LogP contribution in [0.15, 0.2) is 18.6 Å². The van der Waals surface area contributed by atoms with Crippen molar-refractivity contribution in [3.8, 4) is 0 Å². The van der Waals surface area contributed by atoms with E-state index in [2.05, 4.69) is 15.3 Å². The van der Waals surface area contributed by atoms with Crippen LogP contribution in [0.25, 0.3) is 0 Å². The van der Waals surface area contributed by atoms with Gasteiger partial charge in [-0.25, -0.2) is 9.97 Å². The Morgan fingerprint density at radius 2 is 2.50 bits per heavy atom. The summed E-state index contributed by atoms with van der Waals surface area (Å²) in [5.74, 6) is 0.852. The molecule has 0 bridgehead atoms. The fourth-order valence-corrected chi connectivity index (χ4v) is 0.823. The molecule has 0 aliphatic rings. The molecular formula is C8H14N4. The lowest BCUT2D eigenvalue weighted by Gasteiger charge is -2.06. The molecule has 0 saturated heterocycles. The number of rotatable bonds is 4. The first-order valence-electron chi connectivity index (χ1n) is 4.04. The van der Waals surface area contributed by atoms with E-state index in [9.17, 15) is 0 Å². The summed E-state index contributed by atoms with van der Waals surface area (Å²) in [6.07, 6.45) is 4.18. The maximum atomic E-state index is 5.58. The lowest BCUT2D eigenvalue weighted by molar-refractivity contribution is 0.689. The van der Waals surface area contributed by atoms with Gasteiger partial charge >= 0.3 is 0 Å². The standard InChI is InChI=1S/C8H14N4/c1-7(9)2-5-11-8-3-4-10-6-12-8/h3-4,6-7H,2,5,9H2,1H3,(H,10,11,12). The third kappa shape index (κ3) is 3.30. The number of aromatic nitrogens is 2. The largest absolute Gasteiger partial charge is 0.370 e. The van der Waals surface area contributed by atoms with Crippen LogP contribution in [0.4, 0.5) is 5.82 Å². The maximum absolute atomic E-state index is 5.58. The summed E-state index contributed by atoms with van der Waals surface area (Å²) < 4.78 is 0. The van der Waals surface area contributed by atoms with Gasteiger partial charge in [-0.15, -0.1) is 0 Å². The van der Waals surface area contributed by atoms with E-state index in [4.69, 9.17) is 5.73 Å². The van der Waals surface area contributed by atoms with Gasteiger partial charge in [0.2, 0.25) is 0 Å². The summed E-state index contributed by atoms with van der Waals surface area (Å²) in [5, 5.41) is 3.14. The second kappa shape index (κ2) is 4.66. The monoisotopic (exact) mass is 166 g/mol. The Labute approximate surface area is 72.2 Å². The quantitative estimate of drug-likeness (QED) is 0.688. The molecule has 0 fully saturated rings. The van der Waals surface area contributed by atoms with Crippen molar-refractivity contribution in [1.29, 1.82) is 0 Å². The summed E-state index contributed by atoms with van der Waals surface area (Å²) in [4.78, 5) is 7.83. The molecule has 1 atom stereocenters. The van der Waals surface area contributed by atoms with Crippen molar-refractivity contribution in [2.45, 2.75) is 19.4 Å². The molecule has 0 spiro atoms. The van der Waals surface area contributed by atoms with Gasteiger partial charge < -0.3 is 11.1 Å². The second-order valence-electron chi connectivity index (χ2n) is 2.79. The van der Waals surface area contributed by atoms with Crippen LogP contribution in [0, 0.1) is 0 Å². The number of anilines is 1. The van der Waals surface area contributed by atoms with Crippen LogP contribution in [0.5, 0.6) is 0 Å². The molecule has 1 heterocycles. The minimum atomic E-state index is 0.235. The SMILES string of the molecule is CC(N)CCNc1ccncn1. The van der Waals surface area contributed by atoms with Crippen molar-refractivity contribution in [1.82, 2.24) is 9.97 Å². The minimum absolute atomic E-state index is 0.235. The first kappa shape index (κ1) is 8.93. The summed E-state index contributed by atoms with van der Waals surface area (Å²) in [5.41, 5.74) is 5.58. The summed E-state index contributed by atoms with van der Waals surface area (Å²) in [6.45, 7) is 2.84. The third-order valence-corrected chi connectivity index (χ3v) is 1.49. The normalized spacial score (nSPS) is 12.5. The number of hydrogen-bond donors (Lipinski definition) is 2. The van der Waals surface area contributed by atoms with Gasteiger partial charge in [0.1, 0.15) is 12.1 Å². The van der Waals surface area contributed by atoms with E-state index in [1.165, 1.54) is 6.33 Å². The lowest BCUT2D eigenvalue weighted by Crippen LogP contribution is -2.19. The van der Waals surface area contributed by atoms with Gasteiger partial charge in [0.15, 0.2) is 0 Å². The molecule has 1 rings (SSSR count). The summed E-state index contributed by atoms with van der Waals surface area (Å²) in [6, 6.07) is 2.07. The molecule has 12 heavy (non-hydrogen) atoms. The second-order valence-corrected chi connectivity index (χ2v) is 2.79. The zero-order chi connectivity index (χ0) is 8.81. The van der Waals surface area contributed by atoms with Gasteiger partial charge in [-0.05, 0) is 19.4 Å². The van der Waals surface area contributed by atoms with Crippen molar-refractivity contribution < 1.29 is 0 Å². The molecule has 0 saturated carbocycles. The number of nitrogens with one attached hydrogen (secondary N) is 1. The third-order valence-electron chi connectivity index (χ3n) is 1.49. The number of nitrogens with two attached hydrogens (primary N) is 1. The molecule has 4 heteroatoms. The summed E-state index contributed by atoms with van der Waals surface area (Å²) in [7, 11) is 0. The van der Waals surface area contributed by atoms with Crippen molar-refractivity contribution in [3.05, 3.63) is 18.6 Å². The maximum Gasteiger partial charge on any atom is 0.129 e. The zero-order valence-electron chi connectivity index (χ0n) is 7.20. The Kier molecular flexibility index (Phi) is 3.47. The number of hydrogen-bond acceptors (Lipinski definition) is 4. The van der Waals surface area contributed by atoms with E-state index >= 15 is 0 Å². The predicted octanol–water partition coefficient (Wildman–Crippen LogP) is 0.626. The lowest BCUT2D eigenvalue weighted by atomic mass is 10.2. The van der Waals surface area contributed by atoms with Crippen LogP contribution in [-0.2, 0) is 0 Å². The topological polar surface area (TPSA) is 63.8 Å². The molecule has 0 radical (unpaired) electrons.